The third-order valence-electron chi connectivity index (χ3n) is 4.76. The highest BCUT2D eigenvalue weighted by Gasteiger charge is 2.50. The Labute approximate surface area is 173 Å². The van der Waals surface area contributed by atoms with E-state index in [4.69, 9.17) is 8.95 Å². The molecular weight excluding hydrogens is 410 g/mol. The Bertz CT molecular complexity index is 750. The third kappa shape index (κ3) is 5.63. The topological polar surface area (TPSA) is 54.0 Å². The number of hydrogen-bond donors (Lipinski definition) is 0. The highest BCUT2D eigenvalue weighted by Crippen LogP contribution is 2.47. The maximum atomic E-state index is 14.7. The molecule has 0 heterocycles. The van der Waals surface area contributed by atoms with Crippen molar-refractivity contribution in [2.24, 2.45) is 0 Å². The van der Waals surface area contributed by atoms with Gasteiger partial charge in [-0.25, -0.2) is 8.96 Å². The van der Waals surface area contributed by atoms with Gasteiger partial charge in [0.05, 0.1) is 13.2 Å². The first kappa shape index (κ1) is 23.9. The first-order chi connectivity index (χ1) is 13.7. The molecule has 0 radical (unpaired) electrons. The highest BCUT2D eigenvalue weighted by atomic mass is 31.2. The Morgan fingerprint density at radius 3 is 1.72 bits per heavy atom. The third-order valence-corrected chi connectivity index (χ3v) is 11.1. The number of rotatable bonds is 10. The molecule has 2 rings (SSSR count). The minimum absolute atomic E-state index is 0.194. The molecule has 0 unspecified atom stereocenters. The number of alkyl halides is 1. The summed E-state index contributed by atoms with van der Waals surface area (Å²) >= 11 is 0. The maximum Gasteiger partial charge on any atom is 0.474 e. The first-order valence-electron chi connectivity index (χ1n) is 9.43. The minimum atomic E-state index is -3.73. The van der Waals surface area contributed by atoms with Crippen molar-refractivity contribution in [1.29, 1.82) is 0 Å². The molecule has 29 heavy (non-hydrogen) atoms. The van der Waals surface area contributed by atoms with Crippen molar-refractivity contribution >= 4 is 26.5 Å². The molecule has 0 aliphatic rings. The number of benzene rings is 2. The van der Waals surface area contributed by atoms with E-state index in [1.165, 1.54) is 14.2 Å². The van der Waals surface area contributed by atoms with E-state index in [0.29, 0.717) is 0 Å². The molecule has 0 bridgehead atoms. The summed E-state index contributed by atoms with van der Waals surface area (Å²) < 4.78 is 47.6. The van der Waals surface area contributed by atoms with Gasteiger partial charge in [-0.15, -0.1) is 0 Å². The second-order valence-corrected chi connectivity index (χ2v) is 13.9. The summed E-state index contributed by atoms with van der Waals surface area (Å²) in [6.07, 6.45) is -1.49. The predicted molar refractivity (Wildman–Crippen MR) is 116 cm³/mol. The molecule has 5 nitrogen and oxygen atoms in total. The lowest BCUT2D eigenvalue weighted by atomic mass is 10.2. The number of phosphoric acid groups is 1. The molecule has 0 aliphatic carbocycles. The van der Waals surface area contributed by atoms with Crippen LogP contribution < -0.4 is 10.4 Å². The van der Waals surface area contributed by atoms with Gasteiger partial charge in [0, 0.05) is 14.2 Å². The van der Waals surface area contributed by atoms with Gasteiger partial charge in [-0.05, 0) is 15.4 Å². The lowest BCUT2D eigenvalue weighted by Crippen LogP contribution is -2.67. The Morgan fingerprint density at radius 2 is 1.34 bits per heavy atom. The highest BCUT2D eigenvalue weighted by molar-refractivity contribution is 7.48. The molecular formula is C21H30FO5PSi. The van der Waals surface area contributed by atoms with E-state index in [0.717, 1.165) is 10.4 Å². The van der Waals surface area contributed by atoms with Crippen LogP contribution in [-0.4, -0.2) is 41.9 Å². The minimum Gasteiger partial charge on any atom is -0.404 e. The zero-order valence-corrected chi connectivity index (χ0v) is 19.5. The summed E-state index contributed by atoms with van der Waals surface area (Å²) in [5.74, 6) is 0. The molecule has 2 aromatic carbocycles. The van der Waals surface area contributed by atoms with E-state index in [1.54, 1.807) is 0 Å². The zero-order chi connectivity index (χ0) is 21.5. The summed E-state index contributed by atoms with van der Waals surface area (Å²) in [7, 11) is -4.18. The van der Waals surface area contributed by atoms with Crippen molar-refractivity contribution in [2.45, 2.75) is 32.0 Å². The van der Waals surface area contributed by atoms with Gasteiger partial charge in [0.1, 0.15) is 6.17 Å². The monoisotopic (exact) mass is 440 g/mol. The molecule has 1 atom stereocenters. The zero-order valence-electron chi connectivity index (χ0n) is 17.6. The predicted octanol–water partition coefficient (Wildman–Crippen LogP) is 4.32. The molecule has 0 spiro atoms. The van der Waals surface area contributed by atoms with Crippen molar-refractivity contribution in [3.63, 3.8) is 0 Å². The SMILES string of the molecule is COP(=O)(OC)OC[C@H](F)CO[Si](c1ccccc1)(c1ccccc1)C(C)(C)C. The van der Waals surface area contributed by atoms with E-state index in [2.05, 4.69) is 29.8 Å². The smallest absolute Gasteiger partial charge is 0.404 e. The van der Waals surface area contributed by atoms with Gasteiger partial charge in [-0.2, -0.15) is 0 Å². The van der Waals surface area contributed by atoms with Crippen LogP contribution in [0.2, 0.25) is 5.04 Å². The van der Waals surface area contributed by atoms with Crippen molar-refractivity contribution in [1.82, 2.24) is 0 Å². The fourth-order valence-electron chi connectivity index (χ4n) is 3.38. The van der Waals surface area contributed by atoms with Crippen LogP contribution in [0.4, 0.5) is 4.39 Å². The summed E-state index contributed by atoms with van der Waals surface area (Å²) in [6.45, 7) is 5.71. The van der Waals surface area contributed by atoms with E-state index >= 15 is 0 Å². The van der Waals surface area contributed by atoms with Gasteiger partial charge < -0.3 is 4.43 Å². The van der Waals surface area contributed by atoms with E-state index < -0.39 is 28.9 Å². The van der Waals surface area contributed by atoms with Gasteiger partial charge in [0.25, 0.3) is 8.32 Å². The summed E-state index contributed by atoms with van der Waals surface area (Å²) in [6, 6.07) is 20.0. The molecule has 0 amide bonds. The summed E-state index contributed by atoms with van der Waals surface area (Å²) in [5, 5.41) is 1.86. The molecule has 0 saturated heterocycles. The molecule has 0 N–H and O–H groups in total. The van der Waals surface area contributed by atoms with Gasteiger partial charge >= 0.3 is 7.82 Å². The Hall–Kier alpha value is -1.34. The first-order valence-corrected chi connectivity index (χ1v) is 12.8. The van der Waals surface area contributed by atoms with Crippen LogP contribution in [0.25, 0.3) is 0 Å². The Balaban J connectivity index is 2.33. The average molecular weight is 441 g/mol. The quantitative estimate of drug-likeness (QED) is 0.407. The van der Waals surface area contributed by atoms with Gasteiger partial charge in [-0.3, -0.25) is 13.6 Å². The fourth-order valence-corrected chi connectivity index (χ4v) is 8.67. The van der Waals surface area contributed by atoms with Crippen LogP contribution >= 0.6 is 7.82 Å². The maximum absolute atomic E-state index is 14.7. The normalized spacial score (nSPS) is 14.0. The van der Waals surface area contributed by atoms with Crippen LogP contribution in [0.5, 0.6) is 0 Å². The van der Waals surface area contributed by atoms with E-state index in [-0.39, 0.29) is 11.6 Å². The Kier molecular flexibility index (Phi) is 8.34. The van der Waals surface area contributed by atoms with Crippen molar-refractivity contribution in [3.05, 3.63) is 60.7 Å². The van der Waals surface area contributed by atoms with Crippen LogP contribution in [-0.2, 0) is 22.6 Å². The van der Waals surface area contributed by atoms with Crippen molar-refractivity contribution in [2.75, 3.05) is 27.4 Å². The molecule has 2 aromatic rings. The molecule has 0 aromatic heterocycles. The second kappa shape index (κ2) is 10.1. The number of phosphoric ester groups is 1. The van der Waals surface area contributed by atoms with Gasteiger partial charge in [0.15, 0.2) is 0 Å². The van der Waals surface area contributed by atoms with Gasteiger partial charge in [-0.1, -0.05) is 81.4 Å². The Morgan fingerprint density at radius 1 is 0.897 bits per heavy atom. The van der Waals surface area contributed by atoms with E-state index in [9.17, 15) is 8.96 Å². The van der Waals surface area contributed by atoms with Crippen molar-refractivity contribution in [3.8, 4) is 0 Å². The molecule has 0 saturated carbocycles. The van der Waals surface area contributed by atoms with Crippen LogP contribution in [0.15, 0.2) is 60.7 Å². The largest absolute Gasteiger partial charge is 0.474 e. The molecule has 0 fully saturated rings. The number of halogens is 1. The number of hydrogen-bond acceptors (Lipinski definition) is 5. The van der Waals surface area contributed by atoms with Gasteiger partial charge in [0.2, 0.25) is 0 Å². The lowest BCUT2D eigenvalue weighted by Gasteiger charge is -2.43. The fraction of sp³-hybridized carbons (Fsp3) is 0.429. The van der Waals surface area contributed by atoms with E-state index in [1.807, 2.05) is 60.7 Å². The summed E-state index contributed by atoms with van der Waals surface area (Å²) in [4.78, 5) is 0. The lowest BCUT2D eigenvalue weighted by molar-refractivity contribution is 0.0909. The summed E-state index contributed by atoms with van der Waals surface area (Å²) in [5.41, 5.74) is 0. The van der Waals surface area contributed by atoms with Crippen LogP contribution in [0.1, 0.15) is 20.8 Å². The van der Waals surface area contributed by atoms with Crippen molar-refractivity contribution < 1.29 is 27.0 Å². The standard InChI is InChI=1S/C21H30FO5PSi/c1-21(2,3)29(19-12-8-6-9-13-19,20-14-10-7-11-15-20)27-17-18(22)16-26-28(23,24-4)25-5/h6-15,18H,16-17H2,1-5H3/t18-/m0/s1. The van der Waals surface area contributed by atoms with Crippen LogP contribution in [0.3, 0.4) is 0 Å². The molecule has 8 heteroatoms. The van der Waals surface area contributed by atoms with Crippen LogP contribution in [0, 0.1) is 0 Å². The molecule has 0 aliphatic heterocycles. The average Bonchev–Trinajstić information content (AvgIpc) is 2.73. The second-order valence-electron chi connectivity index (χ2n) is 7.68. The molecule has 160 valence electrons.